The topological polar surface area (TPSA) is 95.5 Å². The van der Waals surface area contributed by atoms with E-state index in [-0.39, 0.29) is 4.90 Å². The SMILES string of the molecule is O=C(/C=C/c1ccc2c(NS(=O)(=O)c3ccccc3)cccc2c1)NO. The number of benzene rings is 3. The zero-order valence-electron chi connectivity index (χ0n) is 13.6. The van der Waals surface area contributed by atoms with Gasteiger partial charge in [0.15, 0.2) is 0 Å². The molecule has 0 saturated carbocycles. The van der Waals surface area contributed by atoms with Crippen LogP contribution in [0.2, 0.25) is 0 Å². The fraction of sp³-hybridized carbons (Fsp3) is 0. The van der Waals surface area contributed by atoms with Crippen molar-refractivity contribution in [2.24, 2.45) is 0 Å². The van der Waals surface area contributed by atoms with Gasteiger partial charge in [0, 0.05) is 11.5 Å². The minimum absolute atomic E-state index is 0.187. The van der Waals surface area contributed by atoms with Gasteiger partial charge < -0.3 is 0 Å². The van der Waals surface area contributed by atoms with Crippen LogP contribution in [0.1, 0.15) is 5.56 Å². The molecule has 26 heavy (non-hydrogen) atoms. The van der Waals surface area contributed by atoms with E-state index in [1.165, 1.54) is 23.7 Å². The number of rotatable bonds is 5. The Morgan fingerprint density at radius 2 is 1.73 bits per heavy atom. The van der Waals surface area contributed by atoms with E-state index in [1.54, 1.807) is 48.5 Å². The van der Waals surface area contributed by atoms with Crippen LogP contribution in [0.3, 0.4) is 0 Å². The van der Waals surface area contributed by atoms with Crippen molar-refractivity contribution in [2.75, 3.05) is 4.72 Å². The lowest BCUT2D eigenvalue weighted by molar-refractivity contribution is -0.124. The zero-order valence-corrected chi connectivity index (χ0v) is 14.4. The molecule has 3 rings (SSSR count). The summed E-state index contributed by atoms with van der Waals surface area (Å²) in [6.07, 6.45) is 2.74. The van der Waals surface area contributed by atoms with Crippen molar-refractivity contribution < 1.29 is 18.4 Å². The van der Waals surface area contributed by atoms with Gasteiger partial charge in [-0.15, -0.1) is 0 Å². The van der Waals surface area contributed by atoms with Crippen LogP contribution in [-0.4, -0.2) is 19.5 Å². The average Bonchev–Trinajstić information content (AvgIpc) is 2.66. The maximum Gasteiger partial charge on any atom is 0.267 e. The number of hydroxylamine groups is 1. The van der Waals surface area contributed by atoms with Crippen LogP contribution in [-0.2, 0) is 14.8 Å². The van der Waals surface area contributed by atoms with Crippen molar-refractivity contribution in [1.29, 1.82) is 0 Å². The molecule has 0 fully saturated rings. The van der Waals surface area contributed by atoms with Crippen LogP contribution in [0.15, 0.2) is 77.7 Å². The van der Waals surface area contributed by atoms with Gasteiger partial charge in [-0.25, -0.2) is 13.9 Å². The van der Waals surface area contributed by atoms with Gasteiger partial charge in [0.2, 0.25) is 0 Å². The summed E-state index contributed by atoms with van der Waals surface area (Å²) in [6, 6.07) is 18.8. The molecular weight excluding hydrogens is 352 g/mol. The lowest BCUT2D eigenvalue weighted by atomic mass is 10.1. The van der Waals surface area contributed by atoms with E-state index < -0.39 is 15.9 Å². The minimum Gasteiger partial charge on any atom is -0.288 e. The third-order valence-electron chi connectivity index (χ3n) is 3.74. The van der Waals surface area contributed by atoms with E-state index in [0.29, 0.717) is 5.69 Å². The first-order valence-electron chi connectivity index (χ1n) is 7.72. The summed E-state index contributed by atoms with van der Waals surface area (Å²) in [6.45, 7) is 0. The molecule has 0 spiro atoms. The van der Waals surface area contributed by atoms with Crippen molar-refractivity contribution in [3.63, 3.8) is 0 Å². The maximum absolute atomic E-state index is 12.5. The molecule has 7 heteroatoms. The second-order valence-corrected chi connectivity index (χ2v) is 7.20. The van der Waals surface area contributed by atoms with Gasteiger partial charge in [-0.2, -0.15) is 0 Å². The van der Waals surface area contributed by atoms with Crippen LogP contribution in [0.4, 0.5) is 5.69 Å². The highest BCUT2D eigenvalue weighted by Gasteiger charge is 2.14. The Morgan fingerprint density at radius 3 is 2.46 bits per heavy atom. The normalized spacial score (nSPS) is 11.6. The number of hydrogen-bond acceptors (Lipinski definition) is 4. The Labute approximate surface area is 150 Å². The number of nitrogens with one attached hydrogen (secondary N) is 2. The second-order valence-electron chi connectivity index (χ2n) is 5.51. The first kappa shape index (κ1) is 17.7. The molecule has 0 saturated heterocycles. The van der Waals surface area contributed by atoms with Crippen LogP contribution in [0.25, 0.3) is 16.8 Å². The van der Waals surface area contributed by atoms with Crippen molar-refractivity contribution in [2.45, 2.75) is 4.90 Å². The van der Waals surface area contributed by atoms with Gasteiger partial charge in [0.05, 0.1) is 10.6 Å². The lowest BCUT2D eigenvalue weighted by Gasteiger charge is -2.11. The van der Waals surface area contributed by atoms with Crippen LogP contribution in [0, 0.1) is 0 Å². The highest BCUT2D eigenvalue weighted by atomic mass is 32.2. The summed E-state index contributed by atoms with van der Waals surface area (Å²) >= 11 is 0. The third-order valence-corrected chi connectivity index (χ3v) is 5.12. The Bertz CT molecular complexity index is 1080. The number of fused-ring (bicyclic) bond motifs is 1. The number of hydrogen-bond donors (Lipinski definition) is 3. The number of carbonyl (C=O) groups is 1. The minimum atomic E-state index is -3.68. The van der Waals surface area contributed by atoms with E-state index in [9.17, 15) is 13.2 Å². The molecule has 3 aromatic carbocycles. The highest BCUT2D eigenvalue weighted by molar-refractivity contribution is 7.92. The zero-order chi connectivity index (χ0) is 18.6. The predicted molar refractivity (Wildman–Crippen MR) is 100 cm³/mol. The van der Waals surface area contributed by atoms with E-state index >= 15 is 0 Å². The molecule has 0 unspecified atom stereocenters. The highest BCUT2D eigenvalue weighted by Crippen LogP contribution is 2.27. The Morgan fingerprint density at radius 1 is 0.962 bits per heavy atom. The Kier molecular flexibility index (Phi) is 5.01. The molecule has 3 N–H and O–H groups in total. The van der Waals surface area contributed by atoms with E-state index in [0.717, 1.165) is 16.3 Å². The number of amides is 1. The van der Waals surface area contributed by atoms with Gasteiger partial charge in [-0.3, -0.25) is 14.7 Å². The lowest BCUT2D eigenvalue weighted by Crippen LogP contribution is -2.14. The Balaban J connectivity index is 1.95. The van der Waals surface area contributed by atoms with Gasteiger partial charge in [0.25, 0.3) is 15.9 Å². The molecule has 0 aliphatic carbocycles. The first-order chi connectivity index (χ1) is 12.5. The molecule has 0 radical (unpaired) electrons. The summed E-state index contributed by atoms with van der Waals surface area (Å²) in [5.74, 6) is -0.630. The predicted octanol–water partition coefficient (Wildman–Crippen LogP) is 3.16. The fourth-order valence-electron chi connectivity index (χ4n) is 2.51. The third kappa shape index (κ3) is 3.90. The standard InChI is InChI=1S/C19H16N2O4S/c22-19(20-23)12-10-14-9-11-17-15(13-14)5-4-8-18(17)21-26(24,25)16-6-2-1-3-7-16/h1-13,21,23H,(H,20,22)/b12-10+. The van der Waals surface area contributed by atoms with Gasteiger partial charge >= 0.3 is 0 Å². The monoisotopic (exact) mass is 368 g/mol. The molecule has 0 heterocycles. The molecule has 3 aromatic rings. The van der Waals surface area contributed by atoms with E-state index in [2.05, 4.69) is 4.72 Å². The summed E-state index contributed by atoms with van der Waals surface area (Å²) in [4.78, 5) is 11.3. The Hall–Kier alpha value is -3.16. The number of carbonyl (C=O) groups excluding carboxylic acids is 1. The van der Waals surface area contributed by atoms with Gasteiger partial charge in [-0.1, -0.05) is 42.5 Å². The van der Waals surface area contributed by atoms with Crippen LogP contribution < -0.4 is 10.2 Å². The smallest absolute Gasteiger partial charge is 0.267 e. The van der Waals surface area contributed by atoms with Crippen molar-refractivity contribution >= 4 is 38.5 Å². The van der Waals surface area contributed by atoms with Crippen molar-refractivity contribution in [3.05, 3.63) is 78.4 Å². The van der Waals surface area contributed by atoms with Gasteiger partial charge in [-0.05, 0) is 41.3 Å². The molecule has 0 aromatic heterocycles. The second kappa shape index (κ2) is 7.38. The maximum atomic E-state index is 12.5. The molecule has 0 atom stereocenters. The van der Waals surface area contributed by atoms with E-state index in [1.807, 2.05) is 12.1 Å². The number of sulfonamides is 1. The van der Waals surface area contributed by atoms with Crippen molar-refractivity contribution in [3.8, 4) is 0 Å². The number of anilines is 1. The summed E-state index contributed by atoms with van der Waals surface area (Å²) in [7, 11) is -3.68. The molecule has 6 nitrogen and oxygen atoms in total. The van der Waals surface area contributed by atoms with Crippen LogP contribution >= 0.6 is 0 Å². The molecule has 132 valence electrons. The molecule has 0 bridgehead atoms. The molecule has 0 aliphatic rings. The quantitative estimate of drug-likeness (QED) is 0.366. The molecule has 0 aliphatic heterocycles. The average molecular weight is 368 g/mol. The fourth-order valence-corrected chi connectivity index (χ4v) is 3.61. The summed E-state index contributed by atoms with van der Waals surface area (Å²) in [5.41, 5.74) is 2.73. The summed E-state index contributed by atoms with van der Waals surface area (Å²) < 4.78 is 27.7. The first-order valence-corrected chi connectivity index (χ1v) is 9.21. The molecule has 1 amide bonds. The van der Waals surface area contributed by atoms with Gasteiger partial charge in [0.1, 0.15) is 0 Å². The van der Waals surface area contributed by atoms with Crippen LogP contribution in [0.5, 0.6) is 0 Å². The van der Waals surface area contributed by atoms with E-state index in [4.69, 9.17) is 5.21 Å². The molecular formula is C19H16N2O4S. The van der Waals surface area contributed by atoms with Crippen molar-refractivity contribution in [1.82, 2.24) is 5.48 Å². The summed E-state index contributed by atoms with van der Waals surface area (Å²) in [5, 5.41) is 10.0. The largest absolute Gasteiger partial charge is 0.288 e.